The normalized spacial score (nSPS) is 19.0. The minimum Gasteiger partial charge on any atom is -0.479 e. The van der Waals surface area contributed by atoms with Crippen LogP contribution in [0, 0.1) is 0 Å². The maximum atomic E-state index is 11.9. The van der Waals surface area contributed by atoms with Gasteiger partial charge in [0.25, 0.3) is 0 Å². The van der Waals surface area contributed by atoms with Crippen molar-refractivity contribution in [2.75, 3.05) is 13.1 Å². The van der Waals surface area contributed by atoms with E-state index in [0.717, 1.165) is 0 Å². The molecule has 1 aliphatic rings. The molecule has 0 aromatic rings. The summed E-state index contributed by atoms with van der Waals surface area (Å²) in [5.41, 5.74) is -1.74. The number of rotatable bonds is 3. The van der Waals surface area contributed by atoms with Crippen LogP contribution in [-0.4, -0.2) is 52.5 Å². The van der Waals surface area contributed by atoms with E-state index in [0.29, 0.717) is 13.1 Å². The van der Waals surface area contributed by atoms with Gasteiger partial charge in [-0.05, 0) is 34.6 Å². The Morgan fingerprint density at radius 3 is 2.05 bits per heavy atom. The fourth-order valence-electron chi connectivity index (χ4n) is 2.21. The maximum absolute atomic E-state index is 11.9. The Kier molecular flexibility index (Phi) is 5.02. The number of likely N-dealkylation sites (tertiary alicyclic amines) is 1. The molecule has 0 unspecified atom stereocenters. The Balaban J connectivity index is 2.65. The topological polar surface area (TPSA) is 76.1 Å². The molecule has 0 aromatic heterocycles. The van der Waals surface area contributed by atoms with E-state index in [-0.39, 0.29) is 18.9 Å². The number of carboxylic acid groups (broad SMARTS) is 1. The molecule has 1 fully saturated rings. The van der Waals surface area contributed by atoms with Crippen LogP contribution < -0.4 is 0 Å². The van der Waals surface area contributed by atoms with Gasteiger partial charge in [-0.25, -0.2) is 9.59 Å². The van der Waals surface area contributed by atoms with Crippen molar-refractivity contribution in [2.45, 2.75) is 64.8 Å². The Morgan fingerprint density at radius 1 is 1.20 bits per heavy atom. The Morgan fingerprint density at radius 2 is 1.70 bits per heavy atom. The molecular formula is C14H25NO5. The van der Waals surface area contributed by atoms with Crippen LogP contribution in [-0.2, 0) is 14.3 Å². The number of carboxylic acids is 1. The van der Waals surface area contributed by atoms with Gasteiger partial charge in [-0.3, -0.25) is 0 Å². The first-order valence-electron chi connectivity index (χ1n) is 6.95. The smallest absolute Gasteiger partial charge is 0.410 e. The number of hydrogen-bond donors (Lipinski definition) is 1. The SMILES string of the molecule is CC(C)OC1(C(=O)O)CCN(C(=O)OC(C)(C)C)CC1. The van der Waals surface area contributed by atoms with Gasteiger partial charge in [-0.2, -0.15) is 0 Å². The van der Waals surface area contributed by atoms with Crippen LogP contribution in [0.1, 0.15) is 47.5 Å². The summed E-state index contributed by atoms with van der Waals surface area (Å²) in [5, 5.41) is 9.39. The van der Waals surface area contributed by atoms with Gasteiger partial charge in [0.1, 0.15) is 5.60 Å². The zero-order valence-electron chi connectivity index (χ0n) is 12.9. The van der Waals surface area contributed by atoms with Crippen molar-refractivity contribution in [2.24, 2.45) is 0 Å². The summed E-state index contributed by atoms with van der Waals surface area (Å²) in [5.74, 6) is -0.963. The van der Waals surface area contributed by atoms with Gasteiger partial charge in [0, 0.05) is 25.9 Å². The lowest BCUT2D eigenvalue weighted by molar-refractivity contribution is -0.179. The summed E-state index contributed by atoms with van der Waals surface area (Å²) in [6, 6.07) is 0. The molecule has 1 amide bonds. The summed E-state index contributed by atoms with van der Waals surface area (Å²) in [6.07, 6.45) is -0.0142. The third kappa shape index (κ3) is 4.37. The number of carbonyl (C=O) groups excluding carboxylic acids is 1. The van der Waals surface area contributed by atoms with Gasteiger partial charge in [0.05, 0.1) is 6.10 Å². The number of carbonyl (C=O) groups is 2. The third-order valence-corrected chi connectivity index (χ3v) is 3.07. The highest BCUT2D eigenvalue weighted by molar-refractivity contribution is 5.78. The predicted octanol–water partition coefficient (Wildman–Crippen LogP) is 2.27. The van der Waals surface area contributed by atoms with Gasteiger partial charge in [-0.15, -0.1) is 0 Å². The average Bonchev–Trinajstić information content (AvgIpc) is 2.26. The first-order chi connectivity index (χ1) is 9.06. The van der Waals surface area contributed by atoms with E-state index in [1.165, 1.54) is 4.90 Å². The van der Waals surface area contributed by atoms with Crippen molar-refractivity contribution in [3.8, 4) is 0 Å². The lowest BCUT2D eigenvalue weighted by Crippen LogP contribution is -2.54. The van der Waals surface area contributed by atoms with E-state index in [4.69, 9.17) is 9.47 Å². The van der Waals surface area contributed by atoms with Gasteiger partial charge in [0.2, 0.25) is 0 Å². The quantitative estimate of drug-likeness (QED) is 0.861. The summed E-state index contributed by atoms with van der Waals surface area (Å²) in [6.45, 7) is 9.69. The first-order valence-corrected chi connectivity index (χ1v) is 6.95. The molecule has 116 valence electrons. The number of hydrogen-bond acceptors (Lipinski definition) is 4. The van der Waals surface area contributed by atoms with E-state index >= 15 is 0 Å². The second-order valence-corrected chi connectivity index (χ2v) is 6.43. The molecule has 0 atom stereocenters. The summed E-state index contributed by atoms with van der Waals surface area (Å²) < 4.78 is 10.9. The molecule has 1 saturated heterocycles. The summed E-state index contributed by atoms with van der Waals surface area (Å²) >= 11 is 0. The van der Waals surface area contributed by atoms with Gasteiger partial charge >= 0.3 is 12.1 Å². The Hall–Kier alpha value is -1.30. The van der Waals surface area contributed by atoms with Crippen LogP contribution >= 0.6 is 0 Å². The molecular weight excluding hydrogens is 262 g/mol. The minimum atomic E-state index is -1.19. The van der Waals surface area contributed by atoms with Crippen molar-refractivity contribution in [3.05, 3.63) is 0 Å². The molecule has 0 aromatic carbocycles. The van der Waals surface area contributed by atoms with Crippen molar-refractivity contribution >= 4 is 12.1 Å². The molecule has 6 nitrogen and oxygen atoms in total. The third-order valence-electron chi connectivity index (χ3n) is 3.07. The number of aliphatic carboxylic acids is 1. The molecule has 1 aliphatic heterocycles. The van der Waals surface area contributed by atoms with Crippen LogP contribution in [0.25, 0.3) is 0 Å². The van der Waals surface area contributed by atoms with Crippen LogP contribution in [0.15, 0.2) is 0 Å². The maximum Gasteiger partial charge on any atom is 0.410 e. The van der Waals surface area contributed by atoms with Crippen LogP contribution in [0.3, 0.4) is 0 Å². The van der Waals surface area contributed by atoms with E-state index in [1.54, 1.807) is 20.8 Å². The van der Waals surface area contributed by atoms with Gasteiger partial charge in [-0.1, -0.05) is 0 Å². The number of piperidine rings is 1. The average molecular weight is 287 g/mol. The molecule has 6 heteroatoms. The molecule has 0 radical (unpaired) electrons. The van der Waals surface area contributed by atoms with Gasteiger partial charge in [0.15, 0.2) is 5.60 Å². The summed E-state index contributed by atoms with van der Waals surface area (Å²) in [7, 11) is 0. The van der Waals surface area contributed by atoms with Crippen molar-refractivity contribution in [1.82, 2.24) is 4.90 Å². The minimum absolute atomic E-state index is 0.167. The van der Waals surface area contributed by atoms with E-state index in [9.17, 15) is 14.7 Å². The van der Waals surface area contributed by atoms with Crippen molar-refractivity contribution in [3.63, 3.8) is 0 Å². The van der Waals surface area contributed by atoms with E-state index in [1.807, 2.05) is 13.8 Å². The monoisotopic (exact) mass is 287 g/mol. The van der Waals surface area contributed by atoms with Crippen LogP contribution in [0.5, 0.6) is 0 Å². The zero-order valence-corrected chi connectivity index (χ0v) is 12.9. The second-order valence-electron chi connectivity index (χ2n) is 6.43. The highest BCUT2D eigenvalue weighted by Crippen LogP contribution is 2.29. The van der Waals surface area contributed by atoms with E-state index < -0.39 is 23.3 Å². The lowest BCUT2D eigenvalue weighted by atomic mass is 9.91. The second kappa shape index (κ2) is 5.99. The fourth-order valence-corrected chi connectivity index (χ4v) is 2.21. The molecule has 1 N–H and O–H groups in total. The molecule has 20 heavy (non-hydrogen) atoms. The zero-order chi connectivity index (χ0) is 15.6. The predicted molar refractivity (Wildman–Crippen MR) is 73.6 cm³/mol. The molecule has 0 spiro atoms. The van der Waals surface area contributed by atoms with Crippen LogP contribution in [0.4, 0.5) is 4.79 Å². The van der Waals surface area contributed by atoms with Gasteiger partial charge < -0.3 is 19.5 Å². The highest BCUT2D eigenvalue weighted by Gasteiger charge is 2.44. The molecule has 0 saturated carbocycles. The van der Waals surface area contributed by atoms with Crippen molar-refractivity contribution in [1.29, 1.82) is 0 Å². The fraction of sp³-hybridized carbons (Fsp3) is 0.857. The lowest BCUT2D eigenvalue weighted by Gasteiger charge is -2.39. The Bertz CT molecular complexity index is 364. The number of ether oxygens (including phenoxy) is 2. The number of nitrogens with zero attached hydrogens (tertiary/aromatic N) is 1. The molecule has 1 rings (SSSR count). The molecule has 1 heterocycles. The largest absolute Gasteiger partial charge is 0.479 e. The Labute approximate surface area is 120 Å². The molecule has 0 aliphatic carbocycles. The first kappa shape index (κ1) is 16.8. The van der Waals surface area contributed by atoms with Crippen LogP contribution in [0.2, 0.25) is 0 Å². The highest BCUT2D eigenvalue weighted by atomic mass is 16.6. The van der Waals surface area contributed by atoms with Crippen molar-refractivity contribution < 1.29 is 24.2 Å². The van der Waals surface area contributed by atoms with E-state index in [2.05, 4.69) is 0 Å². The number of amides is 1. The summed E-state index contributed by atoms with van der Waals surface area (Å²) in [4.78, 5) is 24.9. The molecule has 0 bridgehead atoms. The standard InChI is InChI=1S/C14H25NO5/c1-10(2)19-14(11(16)17)6-8-15(9-7-14)12(18)20-13(3,4)5/h10H,6-9H2,1-5H3,(H,16,17).